The Balaban J connectivity index is 2.16. The van der Waals surface area contributed by atoms with Crippen molar-refractivity contribution in [2.45, 2.75) is 53.1 Å². The maximum absolute atomic E-state index is 11.6. The zero-order valence-corrected chi connectivity index (χ0v) is 10.8. The number of rotatable bonds is 2. The van der Waals surface area contributed by atoms with Gasteiger partial charge in [-0.3, -0.25) is 0 Å². The van der Waals surface area contributed by atoms with Crippen LogP contribution in [0.4, 0.5) is 0 Å². The minimum Gasteiger partial charge on any atom is -0.458 e. The van der Waals surface area contributed by atoms with Gasteiger partial charge in [0.1, 0.15) is 6.10 Å². The molecule has 2 unspecified atom stereocenters. The van der Waals surface area contributed by atoms with Gasteiger partial charge in [-0.1, -0.05) is 27.4 Å². The van der Waals surface area contributed by atoms with E-state index in [1.54, 1.807) is 6.92 Å². The molecule has 0 N–H and O–H groups in total. The van der Waals surface area contributed by atoms with Crippen LogP contribution in [-0.2, 0) is 9.53 Å². The highest BCUT2D eigenvalue weighted by Crippen LogP contribution is 2.66. The fourth-order valence-corrected chi connectivity index (χ4v) is 3.54. The minimum absolute atomic E-state index is 0.0884. The fraction of sp³-hybridized carbons (Fsp3) is 0.786. The molecule has 2 heteroatoms. The molecule has 0 spiro atoms. The van der Waals surface area contributed by atoms with Crippen LogP contribution in [0, 0.1) is 16.7 Å². The highest BCUT2D eigenvalue weighted by Gasteiger charge is 2.62. The van der Waals surface area contributed by atoms with Gasteiger partial charge in [-0.25, -0.2) is 4.79 Å². The summed E-state index contributed by atoms with van der Waals surface area (Å²) in [5.74, 6) is 0.481. The van der Waals surface area contributed by atoms with Crippen molar-refractivity contribution in [3.63, 3.8) is 0 Å². The topological polar surface area (TPSA) is 26.3 Å². The summed E-state index contributed by atoms with van der Waals surface area (Å²) < 4.78 is 5.61. The molecule has 16 heavy (non-hydrogen) atoms. The maximum atomic E-state index is 11.6. The molecule has 0 aromatic heterocycles. The largest absolute Gasteiger partial charge is 0.458 e. The Morgan fingerprint density at radius 3 is 2.38 bits per heavy atom. The Morgan fingerprint density at radius 2 is 2.00 bits per heavy atom. The van der Waals surface area contributed by atoms with Crippen LogP contribution in [0.1, 0.15) is 47.0 Å². The van der Waals surface area contributed by atoms with Gasteiger partial charge in [0, 0.05) is 11.0 Å². The van der Waals surface area contributed by atoms with E-state index in [1.807, 2.05) is 0 Å². The molecule has 2 fully saturated rings. The van der Waals surface area contributed by atoms with Crippen LogP contribution < -0.4 is 0 Å². The van der Waals surface area contributed by atoms with Gasteiger partial charge < -0.3 is 4.74 Å². The van der Waals surface area contributed by atoms with Crippen molar-refractivity contribution in [2.24, 2.45) is 16.7 Å². The first-order valence-corrected chi connectivity index (χ1v) is 6.15. The standard InChI is InChI=1S/C14H22O2/c1-9(2)12(15)16-11-8-10-6-7-14(11,5)13(10,3)4/h10-11H,1,6-8H2,2-5H3/t10?,11-,14?/m1/s1. The van der Waals surface area contributed by atoms with Crippen molar-refractivity contribution in [1.82, 2.24) is 0 Å². The van der Waals surface area contributed by atoms with E-state index >= 15 is 0 Å². The van der Waals surface area contributed by atoms with Crippen LogP contribution in [0.15, 0.2) is 12.2 Å². The minimum atomic E-state index is -0.227. The third-order valence-electron chi connectivity index (χ3n) is 5.31. The van der Waals surface area contributed by atoms with Crippen LogP contribution >= 0.6 is 0 Å². The van der Waals surface area contributed by atoms with E-state index < -0.39 is 0 Å². The van der Waals surface area contributed by atoms with Gasteiger partial charge >= 0.3 is 5.97 Å². The van der Waals surface area contributed by atoms with E-state index in [4.69, 9.17) is 4.74 Å². The van der Waals surface area contributed by atoms with Crippen molar-refractivity contribution in [3.05, 3.63) is 12.2 Å². The maximum Gasteiger partial charge on any atom is 0.333 e. The zero-order chi connectivity index (χ0) is 12.1. The summed E-state index contributed by atoms with van der Waals surface area (Å²) in [5, 5.41) is 0. The number of carbonyl (C=O) groups is 1. The van der Waals surface area contributed by atoms with Crippen molar-refractivity contribution in [1.29, 1.82) is 0 Å². The van der Waals surface area contributed by atoms with Gasteiger partial charge in [0.25, 0.3) is 0 Å². The molecule has 2 aliphatic carbocycles. The predicted molar refractivity (Wildman–Crippen MR) is 63.9 cm³/mol. The molecular formula is C14H22O2. The van der Waals surface area contributed by atoms with Gasteiger partial charge in [-0.2, -0.15) is 0 Å². The third-order valence-corrected chi connectivity index (χ3v) is 5.31. The highest BCUT2D eigenvalue weighted by molar-refractivity contribution is 5.87. The first-order valence-electron chi connectivity index (χ1n) is 6.15. The van der Waals surface area contributed by atoms with Crippen LogP contribution in [0.3, 0.4) is 0 Å². The molecule has 0 radical (unpaired) electrons. The molecule has 2 saturated carbocycles. The number of carbonyl (C=O) groups excluding carboxylic acids is 1. The number of fused-ring (bicyclic) bond motifs is 2. The SMILES string of the molecule is C=C(C)C(=O)O[C@@H]1CC2CCC1(C)C2(C)C. The number of hydrogen-bond acceptors (Lipinski definition) is 2. The Bertz CT molecular complexity index is 343. The first kappa shape index (κ1) is 11.7. The monoisotopic (exact) mass is 222 g/mol. The second-order valence-corrected chi connectivity index (χ2v) is 6.28. The van der Waals surface area contributed by atoms with Crippen LogP contribution in [0.2, 0.25) is 0 Å². The quantitative estimate of drug-likeness (QED) is 0.529. The molecule has 0 aromatic rings. The smallest absolute Gasteiger partial charge is 0.333 e. The lowest BCUT2D eigenvalue weighted by molar-refractivity contribution is -0.151. The third kappa shape index (κ3) is 1.35. The van der Waals surface area contributed by atoms with Gasteiger partial charge in [0.2, 0.25) is 0 Å². The summed E-state index contributed by atoms with van der Waals surface area (Å²) in [5.41, 5.74) is 0.958. The Hall–Kier alpha value is -0.790. The van der Waals surface area contributed by atoms with Crippen molar-refractivity contribution >= 4 is 5.97 Å². The van der Waals surface area contributed by atoms with E-state index in [0.717, 1.165) is 6.42 Å². The van der Waals surface area contributed by atoms with E-state index in [9.17, 15) is 4.79 Å². The Morgan fingerprint density at radius 1 is 1.38 bits per heavy atom. The van der Waals surface area contributed by atoms with E-state index in [0.29, 0.717) is 16.9 Å². The lowest BCUT2D eigenvalue weighted by Crippen LogP contribution is -2.38. The Labute approximate surface area is 98.1 Å². The molecule has 2 nitrogen and oxygen atoms in total. The molecular weight excluding hydrogens is 200 g/mol. The lowest BCUT2D eigenvalue weighted by Gasteiger charge is -2.38. The average Bonchev–Trinajstić information content (AvgIpc) is 2.50. The molecule has 2 aliphatic rings. The molecule has 0 aromatic carbocycles. The summed E-state index contributed by atoms with van der Waals surface area (Å²) in [6.07, 6.45) is 3.58. The van der Waals surface area contributed by atoms with Crippen molar-refractivity contribution < 1.29 is 9.53 Å². The number of ether oxygens (including phenoxy) is 1. The summed E-state index contributed by atoms with van der Waals surface area (Å²) >= 11 is 0. The molecule has 90 valence electrons. The molecule has 2 bridgehead atoms. The average molecular weight is 222 g/mol. The Kier molecular flexibility index (Phi) is 2.45. The summed E-state index contributed by atoms with van der Waals surface area (Å²) in [4.78, 5) is 11.6. The normalized spacial score (nSPS) is 39.8. The predicted octanol–water partition coefficient (Wildman–Crippen LogP) is 3.32. The summed E-state index contributed by atoms with van der Waals surface area (Å²) in [6.45, 7) is 12.3. The summed E-state index contributed by atoms with van der Waals surface area (Å²) in [7, 11) is 0. The fourth-order valence-electron chi connectivity index (χ4n) is 3.54. The van der Waals surface area contributed by atoms with Gasteiger partial charge in [-0.15, -0.1) is 0 Å². The number of esters is 1. The first-order chi connectivity index (χ1) is 7.29. The van der Waals surface area contributed by atoms with Crippen LogP contribution in [0.25, 0.3) is 0 Å². The highest BCUT2D eigenvalue weighted by atomic mass is 16.5. The molecule has 0 aliphatic heterocycles. The molecule has 3 atom stereocenters. The molecule has 0 amide bonds. The van der Waals surface area contributed by atoms with Gasteiger partial charge in [0.05, 0.1) is 0 Å². The zero-order valence-electron chi connectivity index (χ0n) is 10.8. The van der Waals surface area contributed by atoms with Crippen LogP contribution in [-0.4, -0.2) is 12.1 Å². The molecule has 0 heterocycles. The second-order valence-electron chi connectivity index (χ2n) is 6.28. The van der Waals surface area contributed by atoms with Gasteiger partial charge in [-0.05, 0) is 37.5 Å². The van der Waals surface area contributed by atoms with Gasteiger partial charge in [0.15, 0.2) is 0 Å². The number of hydrogen-bond donors (Lipinski definition) is 0. The molecule has 2 rings (SSSR count). The summed E-state index contributed by atoms with van der Waals surface area (Å²) in [6, 6.07) is 0. The van der Waals surface area contributed by atoms with Crippen molar-refractivity contribution in [3.8, 4) is 0 Å². The lowest BCUT2D eigenvalue weighted by atomic mass is 9.70. The molecule has 0 saturated heterocycles. The van der Waals surface area contributed by atoms with E-state index in [1.165, 1.54) is 12.8 Å². The van der Waals surface area contributed by atoms with E-state index in [-0.39, 0.29) is 17.5 Å². The van der Waals surface area contributed by atoms with Crippen molar-refractivity contribution in [2.75, 3.05) is 0 Å². The second kappa shape index (κ2) is 3.35. The van der Waals surface area contributed by atoms with Crippen LogP contribution in [0.5, 0.6) is 0 Å². The van der Waals surface area contributed by atoms with E-state index in [2.05, 4.69) is 27.4 Å².